The number of nitrogens with zero attached hydrogens (tertiary/aromatic N) is 1. The quantitative estimate of drug-likeness (QED) is 0.730. The van der Waals surface area contributed by atoms with Crippen molar-refractivity contribution in [1.29, 1.82) is 0 Å². The van der Waals surface area contributed by atoms with Gasteiger partial charge in [-0.25, -0.2) is 0 Å². The Bertz CT molecular complexity index is 320. The van der Waals surface area contributed by atoms with Crippen LogP contribution in [0.15, 0.2) is 24.3 Å². The first kappa shape index (κ1) is 14.0. The zero-order valence-electron chi connectivity index (χ0n) is 11.7. The third-order valence-electron chi connectivity index (χ3n) is 2.92. The third-order valence-corrected chi connectivity index (χ3v) is 2.92. The fraction of sp³-hybridized carbons (Fsp3) is 0.600. The molecule has 17 heavy (non-hydrogen) atoms. The summed E-state index contributed by atoms with van der Waals surface area (Å²) in [6, 6.07) is 8.91. The van der Waals surface area contributed by atoms with Crippen LogP contribution in [0, 0.1) is 5.92 Å². The molecule has 0 aliphatic rings. The van der Waals surface area contributed by atoms with E-state index in [2.05, 4.69) is 55.4 Å². The van der Waals surface area contributed by atoms with Crippen molar-refractivity contribution in [2.75, 3.05) is 32.1 Å². The Morgan fingerprint density at radius 2 is 2.06 bits per heavy atom. The van der Waals surface area contributed by atoms with Crippen LogP contribution >= 0.6 is 0 Å². The lowest BCUT2D eigenvalue weighted by atomic mass is 10.0. The minimum atomic E-state index is 0.722. The number of hydrogen-bond acceptors (Lipinski definition) is 2. The predicted molar refractivity (Wildman–Crippen MR) is 76.8 cm³/mol. The highest BCUT2D eigenvalue weighted by Gasteiger charge is 2.03. The molecule has 1 aromatic carbocycles. The Balaban J connectivity index is 2.57. The van der Waals surface area contributed by atoms with Gasteiger partial charge >= 0.3 is 0 Å². The summed E-state index contributed by atoms with van der Waals surface area (Å²) in [4.78, 5) is 2.33. The summed E-state index contributed by atoms with van der Waals surface area (Å²) < 4.78 is 0. The van der Waals surface area contributed by atoms with Crippen molar-refractivity contribution < 1.29 is 0 Å². The summed E-state index contributed by atoms with van der Waals surface area (Å²) in [5.41, 5.74) is 2.78. The molecule has 2 heteroatoms. The topological polar surface area (TPSA) is 15.3 Å². The summed E-state index contributed by atoms with van der Waals surface area (Å²) in [6.45, 7) is 6.72. The van der Waals surface area contributed by atoms with Gasteiger partial charge in [0.1, 0.15) is 0 Å². The SMILES string of the molecule is CNCCCN(C)c1cccc(CC(C)C)c1. The van der Waals surface area contributed by atoms with Crippen LogP contribution in [0.25, 0.3) is 0 Å². The Kier molecular flexibility index (Phi) is 6.06. The molecule has 0 radical (unpaired) electrons. The van der Waals surface area contributed by atoms with Crippen LogP contribution in [0.3, 0.4) is 0 Å². The number of rotatable bonds is 7. The van der Waals surface area contributed by atoms with E-state index < -0.39 is 0 Å². The summed E-state index contributed by atoms with van der Waals surface area (Å²) >= 11 is 0. The highest BCUT2D eigenvalue weighted by atomic mass is 15.1. The fourth-order valence-electron chi connectivity index (χ4n) is 2.01. The Hall–Kier alpha value is -1.02. The summed E-state index contributed by atoms with van der Waals surface area (Å²) in [7, 11) is 4.17. The molecule has 0 aliphatic carbocycles. The highest BCUT2D eigenvalue weighted by molar-refractivity contribution is 5.47. The van der Waals surface area contributed by atoms with Gasteiger partial charge in [-0.1, -0.05) is 26.0 Å². The van der Waals surface area contributed by atoms with Gasteiger partial charge in [-0.2, -0.15) is 0 Å². The lowest BCUT2D eigenvalue weighted by Crippen LogP contribution is -2.22. The summed E-state index contributed by atoms with van der Waals surface area (Å²) in [5, 5.41) is 3.19. The molecule has 1 N–H and O–H groups in total. The normalized spacial score (nSPS) is 10.9. The van der Waals surface area contributed by atoms with E-state index in [4.69, 9.17) is 0 Å². The molecule has 0 saturated carbocycles. The largest absolute Gasteiger partial charge is 0.375 e. The number of nitrogens with one attached hydrogen (secondary N) is 1. The Morgan fingerprint density at radius 1 is 1.29 bits per heavy atom. The van der Waals surface area contributed by atoms with Crippen LogP contribution in [0.1, 0.15) is 25.8 Å². The second-order valence-corrected chi connectivity index (χ2v) is 5.15. The average molecular weight is 234 g/mol. The number of benzene rings is 1. The highest BCUT2D eigenvalue weighted by Crippen LogP contribution is 2.17. The molecule has 96 valence electrons. The first-order valence-corrected chi connectivity index (χ1v) is 6.58. The Morgan fingerprint density at radius 3 is 2.71 bits per heavy atom. The molecule has 0 atom stereocenters. The molecule has 0 spiro atoms. The van der Waals surface area contributed by atoms with Crippen LogP contribution in [0.5, 0.6) is 0 Å². The molecule has 0 unspecified atom stereocenters. The molecule has 0 heterocycles. The van der Waals surface area contributed by atoms with Gasteiger partial charge in [0.15, 0.2) is 0 Å². The average Bonchev–Trinajstić information content (AvgIpc) is 2.28. The van der Waals surface area contributed by atoms with Crippen LogP contribution in [-0.4, -0.2) is 27.2 Å². The van der Waals surface area contributed by atoms with E-state index in [0.29, 0.717) is 0 Å². The smallest absolute Gasteiger partial charge is 0.0366 e. The van der Waals surface area contributed by atoms with Crippen molar-refractivity contribution >= 4 is 5.69 Å². The standard InChI is InChI=1S/C15H26N2/c1-13(2)11-14-7-5-8-15(12-14)17(4)10-6-9-16-3/h5,7-8,12-13,16H,6,9-11H2,1-4H3. The molecule has 0 bridgehead atoms. The molecule has 0 fully saturated rings. The van der Waals surface area contributed by atoms with Crippen molar-refractivity contribution in [3.63, 3.8) is 0 Å². The van der Waals surface area contributed by atoms with E-state index in [9.17, 15) is 0 Å². The van der Waals surface area contributed by atoms with E-state index in [1.807, 2.05) is 7.05 Å². The Labute approximate surface area is 106 Å². The molecule has 0 aromatic heterocycles. The second kappa shape index (κ2) is 7.33. The van der Waals surface area contributed by atoms with Gasteiger partial charge in [-0.3, -0.25) is 0 Å². The van der Waals surface area contributed by atoms with E-state index in [0.717, 1.165) is 25.4 Å². The van der Waals surface area contributed by atoms with E-state index >= 15 is 0 Å². The number of anilines is 1. The van der Waals surface area contributed by atoms with E-state index in [-0.39, 0.29) is 0 Å². The van der Waals surface area contributed by atoms with Crippen LogP contribution in [0.4, 0.5) is 5.69 Å². The first-order valence-electron chi connectivity index (χ1n) is 6.58. The van der Waals surface area contributed by atoms with E-state index in [1.165, 1.54) is 17.7 Å². The molecular weight excluding hydrogens is 208 g/mol. The monoisotopic (exact) mass is 234 g/mol. The van der Waals surface area contributed by atoms with Gasteiger partial charge in [0.25, 0.3) is 0 Å². The van der Waals surface area contributed by atoms with Crippen molar-refractivity contribution in [3.8, 4) is 0 Å². The zero-order chi connectivity index (χ0) is 12.7. The molecule has 0 saturated heterocycles. The maximum absolute atomic E-state index is 3.19. The fourth-order valence-corrected chi connectivity index (χ4v) is 2.01. The van der Waals surface area contributed by atoms with Gasteiger partial charge in [0, 0.05) is 19.3 Å². The van der Waals surface area contributed by atoms with Crippen LogP contribution in [0.2, 0.25) is 0 Å². The maximum atomic E-state index is 3.19. The van der Waals surface area contributed by atoms with Crippen LogP contribution < -0.4 is 10.2 Å². The third kappa shape index (κ3) is 5.22. The molecule has 0 amide bonds. The van der Waals surface area contributed by atoms with Gasteiger partial charge in [-0.15, -0.1) is 0 Å². The van der Waals surface area contributed by atoms with Crippen LogP contribution in [-0.2, 0) is 6.42 Å². The molecular formula is C15H26N2. The van der Waals surface area contributed by atoms with Gasteiger partial charge < -0.3 is 10.2 Å². The first-order chi connectivity index (χ1) is 8.13. The van der Waals surface area contributed by atoms with Crippen molar-refractivity contribution in [3.05, 3.63) is 29.8 Å². The number of hydrogen-bond donors (Lipinski definition) is 1. The maximum Gasteiger partial charge on any atom is 0.0366 e. The van der Waals surface area contributed by atoms with Gasteiger partial charge in [0.2, 0.25) is 0 Å². The molecule has 1 rings (SSSR count). The van der Waals surface area contributed by atoms with Gasteiger partial charge in [-0.05, 0) is 50.0 Å². The van der Waals surface area contributed by atoms with Crippen molar-refractivity contribution in [2.45, 2.75) is 26.7 Å². The predicted octanol–water partition coefficient (Wildman–Crippen LogP) is 2.93. The van der Waals surface area contributed by atoms with E-state index in [1.54, 1.807) is 0 Å². The minimum absolute atomic E-state index is 0.722. The van der Waals surface area contributed by atoms with Crippen molar-refractivity contribution in [2.24, 2.45) is 5.92 Å². The lowest BCUT2D eigenvalue weighted by Gasteiger charge is -2.20. The molecule has 0 aliphatic heterocycles. The van der Waals surface area contributed by atoms with Crippen molar-refractivity contribution in [1.82, 2.24) is 5.32 Å². The van der Waals surface area contributed by atoms with Gasteiger partial charge in [0.05, 0.1) is 0 Å². The second-order valence-electron chi connectivity index (χ2n) is 5.15. The minimum Gasteiger partial charge on any atom is -0.375 e. The summed E-state index contributed by atoms with van der Waals surface area (Å²) in [6.07, 6.45) is 2.35. The molecule has 2 nitrogen and oxygen atoms in total. The lowest BCUT2D eigenvalue weighted by molar-refractivity contribution is 0.647. The zero-order valence-corrected chi connectivity index (χ0v) is 11.7. The summed E-state index contributed by atoms with van der Waals surface area (Å²) in [5.74, 6) is 0.722. The molecule has 1 aromatic rings.